The molecule has 0 spiro atoms. The number of ether oxygens (including phenoxy) is 1. The SMILES string of the molecule is O=C(c1sc2cc(Cl)cc(Cl)c2c1Cl)N(Cc1ccc(Cl)cc1)CC1CCCO1. The summed E-state index contributed by atoms with van der Waals surface area (Å²) in [4.78, 5) is 15.7. The molecule has 0 bridgehead atoms. The second kappa shape index (κ2) is 9.01. The molecule has 1 unspecified atom stereocenters. The zero-order chi connectivity index (χ0) is 20.5. The first-order valence-corrected chi connectivity index (χ1v) is 11.5. The van der Waals surface area contributed by atoms with E-state index in [0.29, 0.717) is 43.4 Å². The Labute approximate surface area is 193 Å². The smallest absolute Gasteiger partial charge is 0.265 e. The lowest BCUT2D eigenvalue weighted by atomic mass is 10.1. The maximum absolute atomic E-state index is 13.5. The molecule has 1 atom stereocenters. The summed E-state index contributed by atoms with van der Waals surface area (Å²) in [7, 11) is 0. The zero-order valence-electron chi connectivity index (χ0n) is 15.3. The van der Waals surface area contributed by atoms with Crippen molar-refractivity contribution in [2.75, 3.05) is 13.2 Å². The maximum Gasteiger partial charge on any atom is 0.265 e. The fourth-order valence-corrected chi connectivity index (χ4v) is 5.92. The highest BCUT2D eigenvalue weighted by Crippen LogP contribution is 2.41. The number of hydrogen-bond donors (Lipinski definition) is 0. The van der Waals surface area contributed by atoms with Crippen LogP contribution in [0.3, 0.4) is 0 Å². The molecule has 29 heavy (non-hydrogen) atoms. The minimum absolute atomic E-state index is 0.0254. The van der Waals surface area contributed by atoms with E-state index in [2.05, 4.69) is 0 Å². The van der Waals surface area contributed by atoms with Crippen molar-refractivity contribution < 1.29 is 9.53 Å². The highest BCUT2D eigenvalue weighted by Gasteiger charge is 2.27. The first-order chi connectivity index (χ1) is 13.9. The highest BCUT2D eigenvalue weighted by atomic mass is 35.5. The van der Waals surface area contributed by atoms with E-state index in [1.54, 1.807) is 17.0 Å². The van der Waals surface area contributed by atoms with Gasteiger partial charge in [0.2, 0.25) is 0 Å². The van der Waals surface area contributed by atoms with Crippen LogP contribution in [0.5, 0.6) is 0 Å². The van der Waals surface area contributed by atoms with Crippen LogP contribution in [-0.4, -0.2) is 30.1 Å². The second-order valence-electron chi connectivity index (χ2n) is 6.95. The van der Waals surface area contributed by atoms with Crippen molar-refractivity contribution in [3.63, 3.8) is 0 Å². The number of fused-ring (bicyclic) bond motifs is 1. The molecule has 1 aliphatic heterocycles. The van der Waals surface area contributed by atoms with Crippen molar-refractivity contribution in [2.24, 2.45) is 0 Å². The number of amides is 1. The second-order valence-corrected chi connectivity index (χ2v) is 9.66. The predicted octanol–water partition coefficient (Wildman–Crippen LogP) is 7.34. The van der Waals surface area contributed by atoms with Crippen molar-refractivity contribution >= 4 is 73.7 Å². The summed E-state index contributed by atoms with van der Waals surface area (Å²) in [5.74, 6) is -0.145. The molecule has 0 N–H and O–H groups in total. The molecule has 152 valence electrons. The molecule has 3 aromatic rings. The molecule has 1 saturated heterocycles. The molecule has 0 saturated carbocycles. The van der Waals surface area contributed by atoms with Crippen molar-refractivity contribution in [1.82, 2.24) is 4.90 Å². The molecular formula is C21H17Cl4NO2S. The minimum atomic E-state index is -0.145. The molecule has 1 fully saturated rings. The van der Waals surface area contributed by atoms with Gasteiger partial charge in [0.15, 0.2) is 0 Å². The van der Waals surface area contributed by atoms with Crippen LogP contribution in [0.15, 0.2) is 36.4 Å². The molecule has 1 aliphatic rings. The average Bonchev–Trinajstić information content (AvgIpc) is 3.30. The van der Waals surface area contributed by atoms with Gasteiger partial charge < -0.3 is 9.64 Å². The fraction of sp³-hybridized carbons (Fsp3) is 0.286. The molecule has 1 amide bonds. The third-order valence-electron chi connectivity index (χ3n) is 4.87. The Morgan fingerprint density at radius 2 is 1.86 bits per heavy atom. The summed E-state index contributed by atoms with van der Waals surface area (Å²) in [6, 6.07) is 10.9. The van der Waals surface area contributed by atoms with Gasteiger partial charge in [0.1, 0.15) is 4.88 Å². The quantitative estimate of drug-likeness (QED) is 0.376. The number of carbonyl (C=O) groups is 1. The van der Waals surface area contributed by atoms with E-state index >= 15 is 0 Å². The van der Waals surface area contributed by atoms with Gasteiger partial charge in [0.05, 0.1) is 16.1 Å². The van der Waals surface area contributed by atoms with Crippen molar-refractivity contribution in [2.45, 2.75) is 25.5 Å². The standard InChI is InChI=1S/C21H17Cl4NO2S/c22-13-5-3-12(4-6-13)10-26(11-15-2-1-7-28-15)21(27)20-19(25)18-16(24)8-14(23)9-17(18)29-20/h3-6,8-9,15H,1-2,7,10-11H2. The summed E-state index contributed by atoms with van der Waals surface area (Å²) < 4.78 is 6.56. The summed E-state index contributed by atoms with van der Waals surface area (Å²) >= 11 is 26.3. The lowest BCUT2D eigenvalue weighted by molar-refractivity contribution is 0.0511. The largest absolute Gasteiger partial charge is 0.376 e. The zero-order valence-corrected chi connectivity index (χ0v) is 19.1. The van der Waals surface area contributed by atoms with E-state index in [1.807, 2.05) is 24.3 Å². The minimum Gasteiger partial charge on any atom is -0.376 e. The van der Waals surface area contributed by atoms with Crippen LogP contribution < -0.4 is 0 Å². The van der Waals surface area contributed by atoms with Crippen LogP contribution in [0.25, 0.3) is 10.1 Å². The summed E-state index contributed by atoms with van der Waals surface area (Å²) in [5, 5.41) is 2.64. The van der Waals surface area contributed by atoms with Crippen LogP contribution in [0.1, 0.15) is 28.1 Å². The van der Waals surface area contributed by atoms with Crippen molar-refractivity contribution in [3.8, 4) is 0 Å². The van der Waals surface area contributed by atoms with Crippen molar-refractivity contribution in [1.29, 1.82) is 0 Å². The van der Waals surface area contributed by atoms with Crippen LogP contribution in [0, 0.1) is 0 Å². The third kappa shape index (κ3) is 4.68. The van der Waals surface area contributed by atoms with Gasteiger partial charge in [-0.2, -0.15) is 0 Å². The van der Waals surface area contributed by atoms with Gasteiger partial charge in [-0.25, -0.2) is 0 Å². The molecule has 1 aromatic heterocycles. The average molecular weight is 489 g/mol. The van der Waals surface area contributed by atoms with E-state index in [9.17, 15) is 4.79 Å². The first kappa shape index (κ1) is 21.2. The van der Waals surface area contributed by atoms with Gasteiger partial charge in [-0.05, 0) is 42.7 Å². The highest BCUT2D eigenvalue weighted by molar-refractivity contribution is 7.21. The van der Waals surface area contributed by atoms with Crippen LogP contribution in [-0.2, 0) is 11.3 Å². The Bertz CT molecular complexity index is 1050. The van der Waals surface area contributed by atoms with E-state index in [4.69, 9.17) is 51.1 Å². The van der Waals surface area contributed by atoms with Crippen LogP contribution in [0.2, 0.25) is 20.1 Å². The van der Waals surface area contributed by atoms with E-state index in [-0.39, 0.29) is 12.0 Å². The van der Waals surface area contributed by atoms with Crippen LogP contribution >= 0.6 is 57.7 Å². The number of thiophene rings is 1. The van der Waals surface area contributed by atoms with E-state index in [0.717, 1.165) is 29.7 Å². The topological polar surface area (TPSA) is 29.5 Å². The third-order valence-corrected chi connectivity index (χ3v) is 7.25. The van der Waals surface area contributed by atoms with Gasteiger partial charge in [-0.15, -0.1) is 11.3 Å². The molecule has 2 heterocycles. The van der Waals surface area contributed by atoms with Crippen molar-refractivity contribution in [3.05, 3.63) is 66.9 Å². The molecule has 2 aromatic carbocycles. The number of hydrogen-bond acceptors (Lipinski definition) is 3. The van der Waals surface area contributed by atoms with Gasteiger partial charge in [-0.1, -0.05) is 58.5 Å². The predicted molar refractivity (Wildman–Crippen MR) is 122 cm³/mol. The normalized spacial score (nSPS) is 16.5. The molecule has 8 heteroatoms. The Kier molecular flexibility index (Phi) is 6.59. The van der Waals surface area contributed by atoms with Crippen LogP contribution in [0.4, 0.5) is 0 Å². The number of benzene rings is 2. The fourth-order valence-electron chi connectivity index (χ4n) is 3.46. The summed E-state index contributed by atoms with van der Waals surface area (Å²) in [6.45, 7) is 1.67. The number of nitrogens with zero attached hydrogens (tertiary/aromatic N) is 1. The monoisotopic (exact) mass is 487 g/mol. The first-order valence-electron chi connectivity index (χ1n) is 9.14. The van der Waals surface area contributed by atoms with Gasteiger partial charge >= 0.3 is 0 Å². The number of halogens is 4. The number of rotatable bonds is 5. The van der Waals surface area contributed by atoms with Gasteiger partial charge in [-0.3, -0.25) is 4.79 Å². The Morgan fingerprint density at radius 1 is 1.10 bits per heavy atom. The Hall–Kier alpha value is -1.01. The van der Waals surface area contributed by atoms with E-state index < -0.39 is 0 Å². The van der Waals surface area contributed by atoms with Gasteiger partial charge in [0, 0.05) is 39.8 Å². The van der Waals surface area contributed by atoms with E-state index in [1.165, 1.54) is 11.3 Å². The molecule has 3 nitrogen and oxygen atoms in total. The molecule has 4 rings (SSSR count). The summed E-state index contributed by atoms with van der Waals surface area (Å²) in [6.07, 6.45) is 1.97. The molecule has 0 aliphatic carbocycles. The Morgan fingerprint density at radius 3 is 2.55 bits per heavy atom. The summed E-state index contributed by atoms with van der Waals surface area (Å²) in [5.41, 5.74) is 0.985. The lowest BCUT2D eigenvalue weighted by Gasteiger charge is -2.25. The lowest BCUT2D eigenvalue weighted by Crippen LogP contribution is -2.36. The molecule has 0 radical (unpaired) electrons. The van der Waals surface area contributed by atoms with Gasteiger partial charge in [0.25, 0.3) is 5.91 Å². The molecular weight excluding hydrogens is 472 g/mol. The maximum atomic E-state index is 13.5. The number of carbonyl (C=O) groups excluding carboxylic acids is 1. The Balaban J connectivity index is 1.68.